The van der Waals surface area contributed by atoms with Gasteiger partial charge in [-0.15, -0.1) is 11.8 Å². The molecule has 0 spiro atoms. The van der Waals surface area contributed by atoms with Crippen molar-refractivity contribution in [3.05, 3.63) is 113 Å². The van der Waals surface area contributed by atoms with E-state index in [0.29, 0.717) is 28.8 Å². The van der Waals surface area contributed by atoms with Gasteiger partial charge in [-0.2, -0.15) is 5.10 Å². The van der Waals surface area contributed by atoms with Crippen LogP contribution < -0.4 is 19.7 Å². The van der Waals surface area contributed by atoms with E-state index in [2.05, 4.69) is 11.4 Å². The number of thioether (sulfide) groups is 1. The summed E-state index contributed by atoms with van der Waals surface area (Å²) in [5.41, 5.74) is 6.17. The summed E-state index contributed by atoms with van der Waals surface area (Å²) in [6, 6.07) is 25.2. The van der Waals surface area contributed by atoms with Crippen LogP contribution in [0.25, 0.3) is 16.9 Å². The van der Waals surface area contributed by atoms with Gasteiger partial charge in [-0.1, -0.05) is 48.0 Å². The number of nitrogens with zero attached hydrogens (tertiary/aromatic N) is 3. The van der Waals surface area contributed by atoms with E-state index in [9.17, 15) is 9.59 Å². The minimum atomic E-state index is -0.375. The summed E-state index contributed by atoms with van der Waals surface area (Å²) in [6.07, 6.45) is 1.56. The number of ether oxygens (including phenoxy) is 2. The van der Waals surface area contributed by atoms with Gasteiger partial charge in [-0.25, -0.2) is 4.68 Å². The normalized spacial score (nSPS) is 14.5. The zero-order valence-corrected chi connectivity index (χ0v) is 26.4. The molecule has 3 heterocycles. The van der Waals surface area contributed by atoms with Crippen LogP contribution in [0.4, 0.5) is 5.82 Å². The lowest BCUT2D eigenvalue weighted by Gasteiger charge is -2.24. The van der Waals surface area contributed by atoms with Crippen molar-refractivity contribution >= 4 is 29.4 Å². The molecule has 0 radical (unpaired) electrons. The molecule has 45 heavy (non-hydrogen) atoms. The van der Waals surface area contributed by atoms with Crippen LogP contribution in [0.15, 0.2) is 89.5 Å². The number of aryl methyl sites for hydroxylation is 2. The molecule has 10 heteroatoms. The van der Waals surface area contributed by atoms with Crippen molar-refractivity contribution in [3.63, 3.8) is 0 Å². The third-order valence-electron chi connectivity index (χ3n) is 7.78. The number of furan rings is 1. The Labute approximate surface area is 266 Å². The van der Waals surface area contributed by atoms with Crippen molar-refractivity contribution in [2.75, 3.05) is 31.4 Å². The SMILES string of the molecule is COc1ccc(OC)c(C2SCC(=O)N(CC(=O)NCc3ccco3)c3c2c(-c2ccccc2)nn3-c2ccc(C)cc2C)c1. The number of carbonyl (C=O) groups is 2. The molecule has 1 atom stereocenters. The molecule has 0 aliphatic carbocycles. The zero-order valence-electron chi connectivity index (χ0n) is 25.6. The molecule has 230 valence electrons. The number of nitrogens with one attached hydrogen (secondary N) is 1. The number of hydrogen-bond acceptors (Lipinski definition) is 7. The van der Waals surface area contributed by atoms with Gasteiger partial charge < -0.3 is 19.2 Å². The summed E-state index contributed by atoms with van der Waals surface area (Å²) >= 11 is 1.48. The number of rotatable bonds is 9. The Morgan fingerprint density at radius 2 is 1.84 bits per heavy atom. The molecular weight excluding hydrogens is 588 g/mol. The molecule has 1 aliphatic heterocycles. The lowest BCUT2D eigenvalue weighted by molar-refractivity contribution is -0.123. The Balaban J connectivity index is 1.59. The number of carbonyl (C=O) groups excluding carboxylic acids is 2. The highest BCUT2D eigenvalue weighted by Crippen LogP contribution is 2.51. The fourth-order valence-electron chi connectivity index (χ4n) is 5.63. The highest BCUT2D eigenvalue weighted by atomic mass is 32.2. The van der Waals surface area contributed by atoms with Crippen molar-refractivity contribution in [1.29, 1.82) is 0 Å². The zero-order chi connectivity index (χ0) is 31.5. The molecule has 1 N–H and O–H groups in total. The van der Waals surface area contributed by atoms with Crippen LogP contribution >= 0.6 is 11.8 Å². The van der Waals surface area contributed by atoms with Gasteiger partial charge in [0, 0.05) is 16.7 Å². The molecule has 1 aliphatic rings. The van der Waals surface area contributed by atoms with Crippen LogP contribution in [-0.4, -0.2) is 48.1 Å². The summed E-state index contributed by atoms with van der Waals surface area (Å²) < 4.78 is 18.7. The lowest BCUT2D eigenvalue weighted by Crippen LogP contribution is -2.42. The van der Waals surface area contributed by atoms with Crippen LogP contribution in [0.3, 0.4) is 0 Å². The number of hydrogen-bond donors (Lipinski definition) is 1. The quantitative estimate of drug-likeness (QED) is 0.207. The predicted molar refractivity (Wildman–Crippen MR) is 175 cm³/mol. The van der Waals surface area contributed by atoms with Gasteiger partial charge in [0.05, 0.1) is 49.4 Å². The minimum Gasteiger partial charge on any atom is -0.497 e. The van der Waals surface area contributed by atoms with E-state index in [0.717, 1.165) is 33.5 Å². The van der Waals surface area contributed by atoms with Gasteiger partial charge >= 0.3 is 0 Å². The number of anilines is 1. The lowest BCUT2D eigenvalue weighted by atomic mass is 9.98. The molecule has 0 saturated heterocycles. The smallest absolute Gasteiger partial charge is 0.240 e. The number of benzene rings is 3. The maximum atomic E-state index is 14.1. The largest absolute Gasteiger partial charge is 0.497 e. The van der Waals surface area contributed by atoms with Gasteiger partial charge in [0.25, 0.3) is 0 Å². The second-order valence-electron chi connectivity index (χ2n) is 10.8. The first-order chi connectivity index (χ1) is 21.9. The first kappa shape index (κ1) is 30.1. The molecule has 0 bridgehead atoms. The van der Waals surface area contributed by atoms with E-state index in [4.69, 9.17) is 19.0 Å². The van der Waals surface area contributed by atoms with Crippen LogP contribution in [0, 0.1) is 13.8 Å². The Kier molecular flexibility index (Phi) is 8.66. The van der Waals surface area contributed by atoms with Crippen LogP contribution in [0.2, 0.25) is 0 Å². The maximum absolute atomic E-state index is 14.1. The van der Waals surface area contributed by atoms with Crippen molar-refractivity contribution in [3.8, 4) is 28.4 Å². The number of fused-ring (bicyclic) bond motifs is 1. The Hall–Kier alpha value is -4.96. The number of aromatic nitrogens is 2. The van der Waals surface area contributed by atoms with Crippen molar-refractivity contribution in [2.24, 2.45) is 0 Å². The van der Waals surface area contributed by atoms with E-state index < -0.39 is 0 Å². The standard InChI is InChI=1S/C35H34N4O5S/c1-22-12-14-28(23(2)17-22)39-35-32(33(37-39)24-9-6-5-7-10-24)34(27-18-25(42-3)13-15-29(27)43-4)45-21-31(41)38(35)20-30(40)36-19-26-11-8-16-44-26/h5-18,34H,19-21H2,1-4H3,(H,36,40). The highest BCUT2D eigenvalue weighted by Gasteiger charge is 2.39. The van der Waals surface area contributed by atoms with E-state index in [-0.39, 0.29) is 35.9 Å². The van der Waals surface area contributed by atoms with Gasteiger partial charge in [0.2, 0.25) is 11.8 Å². The molecular formula is C35H34N4O5S. The predicted octanol–water partition coefficient (Wildman–Crippen LogP) is 6.25. The Bertz CT molecular complexity index is 1830. The third kappa shape index (κ3) is 6.06. The maximum Gasteiger partial charge on any atom is 0.240 e. The second-order valence-corrected chi connectivity index (χ2v) is 11.9. The summed E-state index contributed by atoms with van der Waals surface area (Å²) in [5, 5.41) is 7.73. The molecule has 9 nitrogen and oxygen atoms in total. The molecule has 2 aromatic heterocycles. The van der Waals surface area contributed by atoms with E-state index in [1.165, 1.54) is 11.8 Å². The average molecular weight is 623 g/mol. The molecule has 2 amide bonds. The van der Waals surface area contributed by atoms with Gasteiger partial charge in [-0.3, -0.25) is 14.5 Å². The highest BCUT2D eigenvalue weighted by molar-refractivity contribution is 8.00. The van der Waals surface area contributed by atoms with E-state index in [1.54, 1.807) is 37.5 Å². The summed E-state index contributed by atoms with van der Waals surface area (Å²) in [6.45, 7) is 4.08. The molecule has 5 aromatic rings. The van der Waals surface area contributed by atoms with Crippen LogP contribution in [0.1, 0.15) is 33.3 Å². The Morgan fingerprint density at radius 3 is 2.56 bits per heavy atom. The monoisotopic (exact) mass is 622 g/mol. The minimum absolute atomic E-state index is 0.131. The van der Waals surface area contributed by atoms with Crippen molar-refractivity contribution in [1.82, 2.24) is 15.1 Å². The molecule has 3 aromatic carbocycles. The van der Waals surface area contributed by atoms with E-state index in [1.807, 2.05) is 79.2 Å². The van der Waals surface area contributed by atoms with Gasteiger partial charge in [0.15, 0.2) is 0 Å². The van der Waals surface area contributed by atoms with E-state index >= 15 is 0 Å². The molecule has 6 rings (SSSR count). The van der Waals surface area contributed by atoms with Crippen molar-refractivity contribution in [2.45, 2.75) is 25.6 Å². The molecule has 0 fully saturated rings. The van der Waals surface area contributed by atoms with Gasteiger partial charge in [-0.05, 0) is 55.8 Å². The van der Waals surface area contributed by atoms with Crippen molar-refractivity contribution < 1.29 is 23.5 Å². The first-order valence-corrected chi connectivity index (χ1v) is 15.6. The number of amides is 2. The van der Waals surface area contributed by atoms with Crippen LogP contribution in [-0.2, 0) is 16.1 Å². The Morgan fingerprint density at radius 1 is 1.02 bits per heavy atom. The average Bonchev–Trinajstić information content (AvgIpc) is 3.69. The second kappa shape index (κ2) is 13.0. The summed E-state index contributed by atoms with van der Waals surface area (Å²) in [4.78, 5) is 29.1. The molecule has 0 saturated carbocycles. The fourth-order valence-corrected chi connectivity index (χ4v) is 6.84. The first-order valence-electron chi connectivity index (χ1n) is 14.6. The number of methoxy groups -OCH3 is 2. The topological polar surface area (TPSA) is 98.8 Å². The fraction of sp³-hybridized carbons (Fsp3) is 0.229. The molecule has 1 unspecified atom stereocenters. The third-order valence-corrected chi connectivity index (χ3v) is 9.01. The summed E-state index contributed by atoms with van der Waals surface area (Å²) in [5.74, 6) is 2.10. The summed E-state index contributed by atoms with van der Waals surface area (Å²) in [7, 11) is 3.25. The van der Waals surface area contributed by atoms with Crippen LogP contribution in [0.5, 0.6) is 11.5 Å². The van der Waals surface area contributed by atoms with Gasteiger partial charge in [0.1, 0.15) is 29.6 Å².